The van der Waals surface area contributed by atoms with Crippen LogP contribution in [0.15, 0.2) is 0 Å². The number of nitro groups is 1. The summed E-state index contributed by atoms with van der Waals surface area (Å²) in [6.07, 6.45) is 6.06. The minimum atomic E-state index is -0.904. The van der Waals surface area contributed by atoms with Gasteiger partial charge >= 0.3 is 0 Å². The first-order valence-electron chi connectivity index (χ1n) is 5.98. The number of alkyl halides is 1. The predicted molar refractivity (Wildman–Crippen MR) is 66.4 cm³/mol. The van der Waals surface area contributed by atoms with Crippen molar-refractivity contribution in [2.24, 2.45) is 5.92 Å². The molecule has 0 bridgehead atoms. The lowest BCUT2D eigenvalue weighted by Crippen LogP contribution is -2.47. The normalized spacial score (nSPS) is 21.6. The average molecular weight is 294 g/mol. The maximum atomic E-state index is 11.4. The van der Waals surface area contributed by atoms with Gasteiger partial charge in [0.05, 0.1) is 0 Å². The molecule has 0 aromatic carbocycles. The standard InChI is InChI=1S/C11H20BrNO3/c12-8-6-11(7-9-14,13(15)16)10-4-2-1-3-5-10/h10,14H,1-9H2. The van der Waals surface area contributed by atoms with Gasteiger partial charge in [0.15, 0.2) is 0 Å². The summed E-state index contributed by atoms with van der Waals surface area (Å²) in [5.41, 5.74) is -0.904. The molecule has 16 heavy (non-hydrogen) atoms. The van der Waals surface area contributed by atoms with Crippen molar-refractivity contribution < 1.29 is 10.0 Å². The second kappa shape index (κ2) is 6.55. The van der Waals surface area contributed by atoms with Crippen molar-refractivity contribution in [2.75, 3.05) is 11.9 Å². The van der Waals surface area contributed by atoms with Crippen LogP contribution in [0.1, 0.15) is 44.9 Å². The molecule has 4 nitrogen and oxygen atoms in total. The van der Waals surface area contributed by atoms with E-state index in [-0.39, 0.29) is 23.9 Å². The fourth-order valence-corrected chi connectivity index (χ4v) is 3.55. The van der Waals surface area contributed by atoms with Crippen LogP contribution >= 0.6 is 15.9 Å². The zero-order chi connectivity index (χ0) is 12.0. The number of nitrogens with zero attached hydrogens (tertiary/aromatic N) is 1. The lowest BCUT2D eigenvalue weighted by molar-refractivity contribution is -0.584. The molecule has 1 aliphatic carbocycles. The molecule has 1 aliphatic rings. The molecule has 1 unspecified atom stereocenters. The number of rotatable bonds is 6. The molecule has 0 amide bonds. The Labute approximate surface area is 105 Å². The van der Waals surface area contributed by atoms with Crippen molar-refractivity contribution in [2.45, 2.75) is 50.5 Å². The van der Waals surface area contributed by atoms with Gasteiger partial charge in [-0.1, -0.05) is 35.2 Å². The van der Waals surface area contributed by atoms with Crippen molar-refractivity contribution in [3.63, 3.8) is 0 Å². The molecule has 1 saturated carbocycles. The Morgan fingerprint density at radius 3 is 2.38 bits per heavy atom. The van der Waals surface area contributed by atoms with Gasteiger partial charge in [0.2, 0.25) is 5.54 Å². The predicted octanol–water partition coefficient (Wildman–Crippen LogP) is 2.75. The van der Waals surface area contributed by atoms with Crippen molar-refractivity contribution in [3.8, 4) is 0 Å². The number of halogens is 1. The third kappa shape index (κ3) is 2.94. The Kier molecular flexibility index (Phi) is 5.69. The lowest BCUT2D eigenvalue weighted by atomic mass is 9.72. The van der Waals surface area contributed by atoms with Crippen LogP contribution in [-0.4, -0.2) is 27.5 Å². The van der Waals surface area contributed by atoms with Crippen molar-refractivity contribution in [1.29, 1.82) is 0 Å². The maximum absolute atomic E-state index is 11.4. The molecule has 0 saturated heterocycles. The Hall–Kier alpha value is -0.160. The average Bonchev–Trinajstić information content (AvgIpc) is 2.29. The molecular weight excluding hydrogens is 274 g/mol. The number of aliphatic hydroxyl groups is 1. The Balaban J connectivity index is 2.84. The Bertz CT molecular complexity index is 223. The van der Waals surface area contributed by atoms with Gasteiger partial charge in [0.1, 0.15) is 0 Å². The fraction of sp³-hybridized carbons (Fsp3) is 1.00. The van der Waals surface area contributed by atoms with Crippen molar-refractivity contribution >= 4 is 15.9 Å². The highest BCUT2D eigenvalue weighted by molar-refractivity contribution is 9.09. The summed E-state index contributed by atoms with van der Waals surface area (Å²) >= 11 is 3.30. The Morgan fingerprint density at radius 1 is 1.31 bits per heavy atom. The van der Waals surface area contributed by atoms with Crippen LogP contribution in [-0.2, 0) is 0 Å². The van der Waals surface area contributed by atoms with Crippen molar-refractivity contribution in [1.82, 2.24) is 0 Å². The van der Waals surface area contributed by atoms with Crippen LogP contribution in [0.25, 0.3) is 0 Å². The molecule has 0 spiro atoms. The first-order valence-corrected chi connectivity index (χ1v) is 7.11. The maximum Gasteiger partial charge on any atom is 0.228 e. The molecule has 1 rings (SSSR count). The quantitative estimate of drug-likeness (QED) is 0.465. The first kappa shape index (κ1) is 13.9. The smallest absolute Gasteiger partial charge is 0.228 e. The second-order valence-electron chi connectivity index (χ2n) is 4.61. The van der Waals surface area contributed by atoms with Crippen LogP contribution in [0.4, 0.5) is 0 Å². The van der Waals surface area contributed by atoms with Gasteiger partial charge < -0.3 is 5.11 Å². The van der Waals surface area contributed by atoms with Gasteiger partial charge in [0, 0.05) is 35.6 Å². The first-order chi connectivity index (χ1) is 7.67. The molecule has 0 aromatic rings. The Morgan fingerprint density at radius 2 is 1.94 bits per heavy atom. The van der Waals surface area contributed by atoms with E-state index in [1.165, 1.54) is 6.42 Å². The van der Waals surface area contributed by atoms with Crippen LogP contribution in [0.3, 0.4) is 0 Å². The zero-order valence-electron chi connectivity index (χ0n) is 9.53. The van der Waals surface area contributed by atoms with E-state index in [1.807, 2.05) is 0 Å². The number of hydrogen-bond donors (Lipinski definition) is 1. The monoisotopic (exact) mass is 293 g/mol. The molecule has 5 heteroatoms. The molecule has 0 aliphatic heterocycles. The third-order valence-corrected chi connectivity index (χ3v) is 4.20. The van der Waals surface area contributed by atoms with E-state index in [0.717, 1.165) is 25.7 Å². The third-order valence-electron chi connectivity index (χ3n) is 3.80. The molecule has 1 N–H and O–H groups in total. The van der Waals surface area contributed by atoms with Gasteiger partial charge in [-0.3, -0.25) is 10.1 Å². The van der Waals surface area contributed by atoms with Gasteiger partial charge in [-0.15, -0.1) is 0 Å². The van der Waals surface area contributed by atoms with E-state index in [4.69, 9.17) is 5.11 Å². The SMILES string of the molecule is O=[N+]([O-])C(CCO)(CCBr)C1CCCCC1. The fourth-order valence-electron chi connectivity index (χ4n) is 2.86. The molecule has 1 fully saturated rings. The summed E-state index contributed by atoms with van der Waals surface area (Å²) in [4.78, 5) is 11.2. The molecule has 0 heterocycles. The summed E-state index contributed by atoms with van der Waals surface area (Å²) in [6, 6.07) is 0. The summed E-state index contributed by atoms with van der Waals surface area (Å²) in [7, 11) is 0. The summed E-state index contributed by atoms with van der Waals surface area (Å²) in [5, 5.41) is 21.1. The largest absolute Gasteiger partial charge is 0.396 e. The van der Waals surface area contributed by atoms with Crippen molar-refractivity contribution in [3.05, 3.63) is 10.1 Å². The molecular formula is C11H20BrNO3. The molecule has 94 valence electrons. The van der Waals surface area contributed by atoms with E-state index in [0.29, 0.717) is 11.8 Å². The summed E-state index contributed by atoms with van der Waals surface area (Å²) in [6.45, 7) is -0.0928. The second-order valence-corrected chi connectivity index (χ2v) is 5.40. The minimum Gasteiger partial charge on any atom is -0.396 e. The molecule has 0 radical (unpaired) electrons. The van der Waals surface area contributed by atoms with E-state index in [1.54, 1.807) is 0 Å². The highest BCUT2D eigenvalue weighted by Gasteiger charge is 2.48. The van der Waals surface area contributed by atoms with Gasteiger partial charge in [-0.05, 0) is 12.8 Å². The van der Waals surface area contributed by atoms with Crippen LogP contribution in [0.2, 0.25) is 0 Å². The number of hydrogen-bond acceptors (Lipinski definition) is 3. The van der Waals surface area contributed by atoms with E-state index < -0.39 is 5.54 Å². The summed E-state index contributed by atoms with van der Waals surface area (Å²) < 4.78 is 0. The summed E-state index contributed by atoms with van der Waals surface area (Å²) in [5.74, 6) is 0.140. The van der Waals surface area contributed by atoms with E-state index >= 15 is 0 Å². The lowest BCUT2D eigenvalue weighted by Gasteiger charge is -2.34. The van der Waals surface area contributed by atoms with Gasteiger partial charge in [-0.25, -0.2) is 0 Å². The highest BCUT2D eigenvalue weighted by Crippen LogP contribution is 2.39. The van der Waals surface area contributed by atoms with E-state index in [9.17, 15) is 10.1 Å². The van der Waals surface area contributed by atoms with Gasteiger partial charge in [-0.2, -0.15) is 0 Å². The zero-order valence-corrected chi connectivity index (χ0v) is 11.1. The van der Waals surface area contributed by atoms with E-state index in [2.05, 4.69) is 15.9 Å². The molecule has 0 aromatic heterocycles. The van der Waals surface area contributed by atoms with Gasteiger partial charge in [0.25, 0.3) is 0 Å². The van der Waals surface area contributed by atoms with Crippen LogP contribution < -0.4 is 0 Å². The highest BCUT2D eigenvalue weighted by atomic mass is 79.9. The minimum absolute atomic E-state index is 0.0928. The van der Waals surface area contributed by atoms with Crippen LogP contribution in [0, 0.1) is 16.0 Å². The number of aliphatic hydroxyl groups excluding tert-OH is 1. The van der Waals surface area contributed by atoms with Crippen LogP contribution in [0.5, 0.6) is 0 Å². The molecule has 1 atom stereocenters. The topological polar surface area (TPSA) is 63.4 Å².